The average molecular weight is 387 g/mol. The molecule has 27 heavy (non-hydrogen) atoms. The van der Waals surface area contributed by atoms with E-state index in [4.69, 9.17) is 0 Å². The van der Waals surface area contributed by atoms with E-state index in [1.165, 1.54) is 24.3 Å². The zero-order valence-corrected chi connectivity index (χ0v) is 15.2. The fourth-order valence-corrected chi connectivity index (χ4v) is 4.24. The third-order valence-corrected chi connectivity index (χ3v) is 5.73. The molecule has 0 saturated heterocycles. The summed E-state index contributed by atoms with van der Waals surface area (Å²) in [5.74, 6) is -1.72. The molecule has 0 aromatic heterocycles. The van der Waals surface area contributed by atoms with E-state index in [1.54, 1.807) is 31.2 Å². The Kier molecular flexibility index (Phi) is 4.95. The first-order chi connectivity index (χ1) is 12.8. The number of hydrogen-bond donors (Lipinski definition) is 2. The van der Waals surface area contributed by atoms with Gasteiger partial charge >= 0.3 is 0 Å². The van der Waals surface area contributed by atoms with Crippen LogP contribution < -0.4 is 10.6 Å². The van der Waals surface area contributed by atoms with Gasteiger partial charge in [0.1, 0.15) is 11.4 Å². The molecule has 3 amide bonds. The molecule has 9 heteroatoms. The molecule has 0 saturated carbocycles. The largest absolute Gasteiger partial charge is 0.352 e. The lowest BCUT2D eigenvalue weighted by molar-refractivity contribution is -0.116. The first-order valence-corrected chi connectivity index (χ1v) is 9.63. The molecule has 0 unspecified atom stereocenters. The molecule has 1 aliphatic heterocycles. The van der Waals surface area contributed by atoms with Crippen LogP contribution in [0.2, 0.25) is 0 Å². The zero-order valence-electron chi connectivity index (χ0n) is 14.4. The molecule has 0 fully saturated rings. The molecule has 140 valence electrons. The fourth-order valence-electron chi connectivity index (χ4n) is 2.72. The molecule has 2 N–H and O–H groups in total. The van der Waals surface area contributed by atoms with E-state index in [0.717, 1.165) is 0 Å². The van der Waals surface area contributed by atoms with Crippen LogP contribution in [0.25, 0.3) is 0 Å². The van der Waals surface area contributed by atoms with Gasteiger partial charge in [0.25, 0.3) is 21.8 Å². The van der Waals surface area contributed by atoms with E-state index in [-0.39, 0.29) is 16.4 Å². The Labute approximate surface area is 156 Å². The molecule has 8 nitrogen and oxygen atoms in total. The van der Waals surface area contributed by atoms with Crippen LogP contribution in [0.3, 0.4) is 0 Å². The number of anilines is 1. The van der Waals surface area contributed by atoms with E-state index in [1.807, 2.05) is 0 Å². The predicted octanol–water partition coefficient (Wildman–Crippen LogP) is 1.22. The summed E-state index contributed by atoms with van der Waals surface area (Å²) in [7, 11) is -4.05. The van der Waals surface area contributed by atoms with E-state index >= 15 is 0 Å². The van der Waals surface area contributed by atoms with Crippen molar-refractivity contribution in [2.45, 2.75) is 11.8 Å². The van der Waals surface area contributed by atoms with Gasteiger partial charge in [0.15, 0.2) is 0 Å². The minimum Gasteiger partial charge on any atom is -0.352 e. The molecule has 2 aromatic carbocycles. The summed E-state index contributed by atoms with van der Waals surface area (Å²) in [5.41, 5.74) is 0.723. The quantitative estimate of drug-likeness (QED) is 0.801. The monoisotopic (exact) mass is 387 g/mol. The molecule has 3 rings (SSSR count). The summed E-state index contributed by atoms with van der Waals surface area (Å²) >= 11 is 0. The number of hydrogen-bond acceptors (Lipinski definition) is 5. The first-order valence-electron chi connectivity index (χ1n) is 8.19. The van der Waals surface area contributed by atoms with E-state index in [0.29, 0.717) is 22.1 Å². The van der Waals surface area contributed by atoms with E-state index in [2.05, 4.69) is 10.6 Å². The van der Waals surface area contributed by atoms with Crippen LogP contribution >= 0.6 is 0 Å². The van der Waals surface area contributed by atoms with Crippen molar-refractivity contribution < 1.29 is 22.8 Å². The van der Waals surface area contributed by atoms with Crippen molar-refractivity contribution in [3.8, 4) is 0 Å². The third kappa shape index (κ3) is 3.54. The molecule has 1 aliphatic rings. The SMILES string of the molecule is CCNC(=O)c1cccc(NC(=O)CN2C(=O)c3ccccc3S2(=O)=O)c1. The summed E-state index contributed by atoms with van der Waals surface area (Å²) in [5, 5.41) is 5.16. The molecule has 1 heterocycles. The van der Waals surface area contributed by atoms with Crippen molar-refractivity contribution in [2.75, 3.05) is 18.4 Å². The third-order valence-electron chi connectivity index (χ3n) is 3.95. The van der Waals surface area contributed by atoms with Crippen molar-refractivity contribution in [2.24, 2.45) is 0 Å². The van der Waals surface area contributed by atoms with Crippen LogP contribution in [0.4, 0.5) is 5.69 Å². The summed E-state index contributed by atoms with van der Waals surface area (Å²) in [6.45, 7) is 1.60. The van der Waals surface area contributed by atoms with Gasteiger partial charge in [0.05, 0.1) is 5.56 Å². The number of carbonyl (C=O) groups is 3. The van der Waals surface area contributed by atoms with E-state index in [9.17, 15) is 22.8 Å². The minimum atomic E-state index is -4.05. The molecular formula is C18H17N3O5S. The summed E-state index contributed by atoms with van der Waals surface area (Å²) < 4.78 is 25.5. The lowest BCUT2D eigenvalue weighted by atomic mass is 10.2. The number of nitrogens with one attached hydrogen (secondary N) is 2. The normalized spacial score (nSPS) is 14.6. The number of sulfonamides is 1. The molecule has 0 spiro atoms. The lowest BCUT2D eigenvalue weighted by Gasteiger charge is -2.15. The Morgan fingerprint density at radius 2 is 1.81 bits per heavy atom. The highest BCUT2D eigenvalue weighted by Crippen LogP contribution is 2.29. The highest BCUT2D eigenvalue weighted by molar-refractivity contribution is 7.90. The predicted molar refractivity (Wildman–Crippen MR) is 97.7 cm³/mol. The number of nitrogens with zero attached hydrogens (tertiary/aromatic N) is 1. The van der Waals surface area contributed by atoms with Gasteiger partial charge in [-0.25, -0.2) is 12.7 Å². The van der Waals surface area contributed by atoms with Gasteiger partial charge in [-0.2, -0.15) is 0 Å². The van der Waals surface area contributed by atoms with Crippen LogP contribution in [0.5, 0.6) is 0 Å². The maximum absolute atomic E-state index is 12.5. The number of rotatable bonds is 5. The van der Waals surface area contributed by atoms with Crippen molar-refractivity contribution >= 4 is 33.4 Å². The van der Waals surface area contributed by atoms with Gasteiger partial charge in [-0.05, 0) is 37.3 Å². The minimum absolute atomic E-state index is 0.0449. The Morgan fingerprint density at radius 1 is 1.07 bits per heavy atom. The Morgan fingerprint density at radius 3 is 2.52 bits per heavy atom. The van der Waals surface area contributed by atoms with Crippen molar-refractivity contribution in [1.29, 1.82) is 0 Å². The molecular weight excluding hydrogens is 370 g/mol. The van der Waals surface area contributed by atoms with Gasteiger partial charge in [-0.1, -0.05) is 18.2 Å². The van der Waals surface area contributed by atoms with Gasteiger partial charge < -0.3 is 10.6 Å². The highest BCUT2D eigenvalue weighted by Gasteiger charge is 2.41. The smallest absolute Gasteiger partial charge is 0.269 e. The van der Waals surface area contributed by atoms with Gasteiger partial charge in [-0.15, -0.1) is 0 Å². The maximum Gasteiger partial charge on any atom is 0.269 e. The summed E-state index contributed by atoms with van der Waals surface area (Å²) in [6, 6.07) is 12.0. The maximum atomic E-state index is 12.5. The second-order valence-electron chi connectivity index (χ2n) is 5.80. The Balaban J connectivity index is 1.75. The number of benzene rings is 2. The van der Waals surface area contributed by atoms with Gasteiger partial charge in [0.2, 0.25) is 5.91 Å². The number of fused-ring (bicyclic) bond motifs is 1. The Bertz CT molecular complexity index is 1030. The number of carbonyl (C=O) groups excluding carboxylic acids is 3. The second kappa shape index (κ2) is 7.20. The molecule has 0 aliphatic carbocycles. The molecule has 2 aromatic rings. The van der Waals surface area contributed by atoms with Crippen LogP contribution in [-0.2, 0) is 14.8 Å². The second-order valence-corrected chi connectivity index (χ2v) is 7.63. The summed E-state index contributed by atoms with van der Waals surface area (Å²) in [4.78, 5) is 36.4. The molecule has 0 bridgehead atoms. The number of amides is 3. The van der Waals surface area contributed by atoms with Crippen molar-refractivity contribution in [3.63, 3.8) is 0 Å². The van der Waals surface area contributed by atoms with Crippen LogP contribution in [0, 0.1) is 0 Å². The van der Waals surface area contributed by atoms with Crippen molar-refractivity contribution in [1.82, 2.24) is 9.62 Å². The molecule has 0 radical (unpaired) electrons. The first kappa shape index (κ1) is 18.6. The zero-order chi connectivity index (χ0) is 19.6. The standard InChI is InChI=1S/C18H17N3O5S/c1-2-19-17(23)12-6-5-7-13(10-12)20-16(22)11-21-18(24)14-8-3-4-9-15(14)27(21,25)26/h3-10H,2,11H2,1H3,(H,19,23)(H,20,22). The van der Waals surface area contributed by atoms with Crippen LogP contribution in [-0.4, -0.2) is 43.5 Å². The van der Waals surface area contributed by atoms with Crippen LogP contribution in [0.15, 0.2) is 53.4 Å². The van der Waals surface area contributed by atoms with Gasteiger partial charge in [0, 0.05) is 17.8 Å². The topological polar surface area (TPSA) is 113 Å². The van der Waals surface area contributed by atoms with Crippen molar-refractivity contribution in [3.05, 3.63) is 59.7 Å². The average Bonchev–Trinajstić information content (AvgIpc) is 2.83. The highest BCUT2D eigenvalue weighted by atomic mass is 32.2. The summed E-state index contributed by atoms with van der Waals surface area (Å²) in [6.07, 6.45) is 0. The van der Waals surface area contributed by atoms with Crippen LogP contribution in [0.1, 0.15) is 27.6 Å². The Hall–Kier alpha value is -3.20. The van der Waals surface area contributed by atoms with E-state index < -0.39 is 28.4 Å². The lowest BCUT2D eigenvalue weighted by Crippen LogP contribution is -2.37. The fraction of sp³-hybridized carbons (Fsp3) is 0.167. The van der Waals surface area contributed by atoms with Gasteiger partial charge in [-0.3, -0.25) is 14.4 Å². The molecule has 0 atom stereocenters.